The van der Waals surface area contributed by atoms with Gasteiger partial charge in [-0.2, -0.15) is 0 Å². The Bertz CT molecular complexity index is 377. The molecule has 1 aromatic rings. The minimum atomic E-state index is 0.00195. The van der Waals surface area contributed by atoms with E-state index >= 15 is 0 Å². The lowest BCUT2D eigenvalue weighted by Gasteiger charge is -2.14. The van der Waals surface area contributed by atoms with Crippen molar-refractivity contribution in [2.24, 2.45) is 13.0 Å². The Morgan fingerprint density at radius 3 is 3.12 bits per heavy atom. The predicted octanol–water partition coefficient (Wildman–Crippen LogP) is 0.402. The highest BCUT2D eigenvalue weighted by Gasteiger charge is 2.27. The Balaban J connectivity index is 2.10. The van der Waals surface area contributed by atoms with Crippen LogP contribution in [-0.4, -0.2) is 35.5 Å². The average molecular weight is 225 g/mol. The molecule has 2 rings (SSSR count). The zero-order valence-corrected chi connectivity index (χ0v) is 9.34. The molecule has 1 aliphatic heterocycles. The fraction of sp³-hybridized carbons (Fsp3) is 0.600. The van der Waals surface area contributed by atoms with Crippen LogP contribution in [0.3, 0.4) is 0 Å². The molecule has 2 atom stereocenters. The smallest absolute Gasteiger partial charge is 0.257 e. The number of amides is 1. The standard InChI is InChI=1S/C10H15N3O3/c1-7-4-15-5-9(7)16-10-8(11-6-14)3-13(2)12-10/h3,6-7,9H,4-5H2,1-2H3,(H,11,14)/t7-,9-/m0/s1. The highest BCUT2D eigenvalue weighted by Crippen LogP contribution is 2.25. The molecule has 1 aliphatic rings. The van der Waals surface area contributed by atoms with Gasteiger partial charge >= 0.3 is 0 Å². The molecule has 1 aromatic heterocycles. The number of aryl methyl sites for hydroxylation is 1. The van der Waals surface area contributed by atoms with Crippen LogP contribution >= 0.6 is 0 Å². The lowest BCUT2D eigenvalue weighted by atomic mass is 10.1. The van der Waals surface area contributed by atoms with Gasteiger partial charge in [-0.1, -0.05) is 6.92 Å². The molecule has 88 valence electrons. The lowest BCUT2D eigenvalue weighted by molar-refractivity contribution is -0.105. The Morgan fingerprint density at radius 1 is 1.69 bits per heavy atom. The van der Waals surface area contributed by atoms with Crippen molar-refractivity contribution in [2.75, 3.05) is 18.5 Å². The van der Waals surface area contributed by atoms with E-state index in [1.54, 1.807) is 17.9 Å². The second-order valence-corrected chi connectivity index (χ2v) is 3.95. The second kappa shape index (κ2) is 4.52. The summed E-state index contributed by atoms with van der Waals surface area (Å²) in [6, 6.07) is 0. The van der Waals surface area contributed by atoms with E-state index in [1.807, 2.05) is 0 Å². The van der Waals surface area contributed by atoms with E-state index in [9.17, 15) is 4.79 Å². The maximum Gasteiger partial charge on any atom is 0.257 e. The number of carbonyl (C=O) groups excluding carboxylic acids is 1. The molecule has 2 heterocycles. The Kier molecular flexibility index (Phi) is 3.09. The van der Waals surface area contributed by atoms with Crippen molar-refractivity contribution < 1.29 is 14.3 Å². The van der Waals surface area contributed by atoms with Gasteiger partial charge < -0.3 is 14.8 Å². The van der Waals surface area contributed by atoms with Gasteiger partial charge in [-0.15, -0.1) is 5.10 Å². The molecule has 1 saturated heterocycles. The summed E-state index contributed by atoms with van der Waals surface area (Å²) >= 11 is 0. The van der Waals surface area contributed by atoms with E-state index in [0.717, 1.165) is 0 Å². The SMILES string of the molecule is C[C@H]1COC[C@@H]1Oc1nn(C)cc1NC=O. The Labute approximate surface area is 93.5 Å². The van der Waals surface area contributed by atoms with Crippen molar-refractivity contribution >= 4 is 12.1 Å². The van der Waals surface area contributed by atoms with E-state index in [2.05, 4.69) is 17.3 Å². The maximum absolute atomic E-state index is 10.4. The van der Waals surface area contributed by atoms with Crippen LogP contribution in [0.5, 0.6) is 5.88 Å². The first-order valence-corrected chi connectivity index (χ1v) is 5.19. The van der Waals surface area contributed by atoms with Crippen molar-refractivity contribution in [3.05, 3.63) is 6.20 Å². The van der Waals surface area contributed by atoms with Gasteiger partial charge in [0.25, 0.3) is 5.88 Å². The van der Waals surface area contributed by atoms with Gasteiger partial charge in [-0.3, -0.25) is 9.48 Å². The fourth-order valence-electron chi connectivity index (χ4n) is 1.65. The summed E-state index contributed by atoms with van der Waals surface area (Å²) in [5, 5.41) is 6.70. The first-order valence-electron chi connectivity index (χ1n) is 5.19. The molecule has 6 nitrogen and oxygen atoms in total. The summed E-state index contributed by atoms with van der Waals surface area (Å²) in [6.45, 7) is 3.33. The average Bonchev–Trinajstić information content (AvgIpc) is 2.77. The van der Waals surface area contributed by atoms with Gasteiger partial charge in [-0.05, 0) is 0 Å². The number of ether oxygens (including phenoxy) is 2. The minimum absolute atomic E-state index is 0.00195. The lowest BCUT2D eigenvalue weighted by Crippen LogP contribution is -2.23. The van der Waals surface area contributed by atoms with Crippen molar-refractivity contribution in [2.45, 2.75) is 13.0 Å². The molecular formula is C10H15N3O3. The number of nitrogens with one attached hydrogen (secondary N) is 1. The number of aromatic nitrogens is 2. The summed E-state index contributed by atoms with van der Waals surface area (Å²) in [7, 11) is 1.78. The van der Waals surface area contributed by atoms with E-state index in [1.165, 1.54) is 0 Å². The van der Waals surface area contributed by atoms with Crippen molar-refractivity contribution in [3.63, 3.8) is 0 Å². The zero-order chi connectivity index (χ0) is 11.5. The topological polar surface area (TPSA) is 65.4 Å². The van der Waals surface area contributed by atoms with Crippen LogP contribution in [0.1, 0.15) is 6.92 Å². The van der Waals surface area contributed by atoms with E-state index < -0.39 is 0 Å². The third-order valence-electron chi connectivity index (χ3n) is 2.57. The van der Waals surface area contributed by atoms with Gasteiger partial charge in [0.1, 0.15) is 11.8 Å². The number of carbonyl (C=O) groups is 1. The number of rotatable bonds is 4. The molecule has 0 unspecified atom stereocenters. The molecule has 0 aromatic carbocycles. The second-order valence-electron chi connectivity index (χ2n) is 3.95. The molecule has 0 saturated carbocycles. The van der Waals surface area contributed by atoms with E-state index in [4.69, 9.17) is 9.47 Å². The molecule has 0 bridgehead atoms. The van der Waals surface area contributed by atoms with Crippen molar-refractivity contribution in [3.8, 4) is 5.88 Å². The predicted molar refractivity (Wildman–Crippen MR) is 57.3 cm³/mol. The molecule has 0 radical (unpaired) electrons. The quantitative estimate of drug-likeness (QED) is 0.753. The van der Waals surface area contributed by atoms with Gasteiger partial charge in [-0.25, -0.2) is 0 Å². The van der Waals surface area contributed by atoms with Crippen LogP contribution in [0.15, 0.2) is 6.20 Å². The normalized spacial score (nSPS) is 24.4. The number of nitrogens with zero attached hydrogens (tertiary/aromatic N) is 2. The molecule has 6 heteroatoms. The molecule has 1 fully saturated rings. The molecule has 16 heavy (non-hydrogen) atoms. The van der Waals surface area contributed by atoms with Crippen LogP contribution in [0.2, 0.25) is 0 Å². The summed E-state index contributed by atoms with van der Waals surface area (Å²) in [4.78, 5) is 10.4. The first kappa shape index (κ1) is 10.9. The molecular weight excluding hydrogens is 210 g/mol. The van der Waals surface area contributed by atoms with E-state index in [-0.39, 0.29) is 6.10 Å². The number of anilines is 1. The molecule has 0 spiro atoms. The van der Waals surface area contributed by atoms with Gasteiger partial charge in [0, 0.05) is 13.0 Å². The molecule has 1 N–H and O–H groups in total. The Hall–Kier alpha value is -1.56. The van der Waals surface area contributed by atoms with E-state index in [0.29, 0.717) is 37.1 Å². The van der Waals surface area contributed by atoms with Crippen LogP contribution in [0.25, 0.3) is 0 Å². The molecule has 1 amide bonds. The van der Waals surface area contributed by atoms with Crippen LogP contribution < -0.4 is 10.1 Å². The fourth-order valence-corrected chi connectivity index (χ4v) is 1.65. The molecule has 0 aliphatic carbocycles. The van der Waals surface area contributed by atoms with Gasteiger partial charge in [0.2, 0.25) is 6.41 Å². The first-order chi connectivity index (χ1) is 7.70. The van der Waals surface area contributed by atoms with Gasteiger partial charge in [0.05, 0.1) is 19.4 Å². The monoisotopic (exact) mass is 225 g/mol. The highest BCUT2D eigenvalue weighted by molar-refractivity contribution is 5.73. The number of hydrogen-bond donors (Lipinski definition) is 1. The van der Waals surface area contributed by atoms with Crippen molar-refractivity contribution in [1.82, 2.24) is 9.78 Å². The van der Waals surface area contributed by atoms with Crippen molar-refractivity contribution in [1.29, 1.82) is 0 Å². The third-order valence-corrected chi connectivity index (χ3v) is 2.57. The van der Waals surface area contributed by atoms with Crippen LogP contribution in [-0.2, 0) is 16.6 Å². The summed E-state index contributed by atoms with van der Waals surface area (Å²) < 4.78 is 12.6. The van der Waals surface area contributed by atoms with Crippen LogP contribution in [0, 0.1) is 5.92 Å². The summed E-state index contributed by atoms with van der Waals surface area (Å²) in [5.74, 6) is 0.781. The summed E-state index contributed by atoms with van der Waals surface area (Å²) in [6.07, 6.45) is 2.31. The third kappa shape index (κ3) is 2.16. The minimum Gasteiger partial charge on any atom is -0.469 e. The van der Waals surface area contributed by atoms with Crippen LogP contribution in [0.4, 0.5) is 5.69 Å². The van der Waals surface area contributed by atoms with Gasteiger partial charge in [0.15, 0.2) is 0 Å². The number of hydrogen-bond acceptors (Lipinski definition) is 4. The highest BCUT2D eigenvalue weighted by atomic mass is 16.6. The zero-order valence-electron chi connectivity index (χ0n) is 9.34. The Morgan fingerprint density at radius 2 is 2.50 bits per heavy atom. The maximum atomic E-state index is 10.4. The largest absolute Gasteiger partial charge is 0.469 e. The summed E-state index contributed by atoms with van der Waals surface area (Å²) in [5.41, 5.74) is 0.580.